The van der Waals surface area contributed by atoms with E-state index in [-0.39, 0.29) is 11.9 Å². The van der Waals surface area contributed by atoms with Gasteiger partial charge >= 0.3 is 0 Å². The van der Waals surface area contributed by atoms with Gasteiger partial charge in [-0.1, -0.05) is 6.07 Å². The number of carbonyl (C=O) groups is 1. The summed E-state index contributed by atoms with van der Waals surface area (Å²) in [5.74, 6) is 0.841. The summed E-state index contributed by atoms with van der Waals surface area (Å²) >= 11 is 0. The molecule has 3 aromatic rings. The minimum atomic E-state index is -0.0535. The number of nitrogens with zero attached hydrogens (tertiary/aromatic N) is 5. The van der Waals surface area contributed by atoms with Gasteiger partial charge in [0, 0.05) is 31.5 Å². The van der Waals surface area contributed by atoms with Crippen molar-refractivity contribution < 1.29 is 4.79 Å². The van der Waals surface area contributed by atoms with Gasteiger partial charge in [-0.25, -0.2) is 4.52 Å². The lowest BCUT2D eigenvalue weighted by atomic mass is 10.0. The van der Waals surface area contributed by atoms with Gasteiger partial charge in [0.1, 0.15) is 0 Å². The maximum absolute atomic E-state index is 12.7. The lowest BCUT2D eigenvalue weighted by molar-refractivity contribution is 0.0932. The van der Waals surface area contributed by atoms with E-state index < -0.39 is 0 Å². The first kappa shape index (κ1) is 15.6. The summed E-state index contributed by atoms with van der Waals surface area (Å²) < 4.78 is 1.75. The predicted molar refractivity (Wildman–Crippen MR) is 94.7 cm³/mol. The van der Waals surface area contributed by atoms with Crippen LogP contribution in [0.25, 0.3) is 5.52 Å². The van der Waals surface area contributed by atoms with Crippen LogP contribution in [0.1, 0.15) is 28.8 Å². The second-order valence-corrected chi connectivity index (χ2v) is 6.36. The van der Waals surface area contributed by atoms with Gasteiger partial charge in [-0.3, -0.25) is 4.79 Å². The number of piperidine rings is 1. The van der Waals surface area contributed by atoms with Gasteiger partial charge in [0.15, 0.2) is 5.82 Å². The zero-order valence-corrected chi connectivity index (χ0v) is 14.1. The minimum absolute atomic E-state index is 0.0535. The van der Waals surface area contributed by atoms with E-state index in [0.29, 0.717) is 5.56 Å². The second kappa shape index (κ2) is 6.51. The summed E-state index contributed by atoms with van der Waals surface area (Å²) in [7, 11) is 0. The molecule has 1 fully saturated rings. The third-order valence-corrected chi connectivity index (χ3v) is 4.70. The van der Waals surface area contributed by atoms with Gasteiger partial charge in [0.25, 0.3) is 5.91 Å². The Bertz CT molecular complexity index is 883. The number of hydrogen-bond donors (Lipinski definition) is 1. The Kier molecular flexibility index (Phi) is 4.05. The summed E-state index contributed by atoms with van der Waals surface area (Å²) in [6.07, 6.45) is 6.96. The highest BCUT2D eigenvalue weighted by molar-refractivity contribution is 6.01. The summed E-state index contributed by atoms with van der Waals surface area (Å²) in [5.41, 5.74) is 2.55. The fraction of sp³-hybridized carbons (Fsp3) is 0.333. The Morgan fingerprint density at radius 3 is 2.84 bits per heavy atom. The average molecular weight is 336 g/mol. The van der Waals surface area contributed by atoms with Crippen molar-refractivity contribution in [3.05, 3.63) is 54.0 Å². The molecule has 128 valence electrons. The first-order valence-electron chi connectivity index (χ1n) is 8.49. The van der Waals surface area contributed by atoms with Crippen molar-refractivity contribution in [2.24, 2.45) is 0 Å². The van der Waals surface area contributed by atoms with E-state index in [1.165, 1.54) is 0 Å². The molecule has 0 aliphatic carbocycles. The summed E-state index contributed by atoms with van der Waals surface area (Å²) in [6, 6.07) is 7.95. The van der Waals surface area contributed by atoms with Crippen molar-refractivity contribution in [3.8, 4) is 0 Å². The molecular formula is C18H20N6O. The van der Waals surface area contributed by atoms with Gasteiger partial charge < -0.3 is 10.2 Å². The van der Waals surface area contributed by atoms with E-state index in [0.717, 1.165) is 42.8 Å². The predicted octanol–water partition coefficient (Wildman–Crippen LogP) is 1.83. The maximum Gasteiger partial charge on any atom is 0.255 e. The number of nitrogens with one attached hydrogen (secondary N) is 1. The molecule has 0 aromatic carbocycles. The molecule has 4 heterocycles. The number of amides is 1. The molecule has 7 nitrogen and oxygen atoms in total. The van der Waals surface area contributed by atoms with Crippen molar-refractivity contribution >= 4 is 17.2 Å². The molecule has 1 N–H and O–H groups in total. The SMILES string of the molecule is Cc1cccn2ncc(C(=O)NC3CCN(c4cccnn4)CC3)c12. The summed E-state index contributed by atoms with van der Waals surface area (Å²) in [5, 5.41) is 15.5. The Hall–Kier alpha value is -2.96. The molecule has 3 aromatic heterocycles. The molecule has 1 amide bonds. The molecule has 0 bridgehead atoms. The fourth-order valence-corrected chi connectivity index (χ4v) is 3.36. The fourth-order valence-electron chi connectivity index (χ4n) is 3.36. The zero-order chi connectivity index (χ0) is 17.2. The second-order valence-electron chi connectivity index (χ2n) is 6.36. The van der Waals surface area contributed by atoms with Crippen LogP contribution in [0.5, 0.6) is 0 Å². The van der Waals surface area contributed by atoms with Crippen LogP contribution in [0.2, 0.25) is 0 Å². The Labute approximate surface area is 145 Å². The van der Waals surface area contributed by atoms with Gasteiger partial charge in [-0.05, 0) is 43.5 Å². The molecular weight excluding hydrogens is 316 g/mol. The smallest absolute Gasteiger partial charge is 0.255 e. The highest BCUT2D eigenvalue weighted by atomic mass is 16.1. The molecule has 1 saturated heterocycles. The van der Waals surface area contributed by atoms with E-state index in [4.69, 9.17) is 0 Å². The standard InChI is InChI=1S/C18H20N6O/c1-13-4-3-9-24-17(13)15(12-20-24)18(25)21-14-6-10-23(11-7-14)16-5-2-8-19-22-16/h2-5,8-9,12,14H,6-7,10-11H2,1H3,(H,21,25). The lowest BCUT2D eigenvalue weighted by Crippen LogP contribution is -2.45. The highest BCUT2D eigenvalue weighted by Gasteiger charge is 2.23. The van der Waals surface area contributed by atoms with E-state index in [9.17, 15) is 4.79 Å². The number of fused-ring (bicyclic) bond motifs is 1. The van der Waals surface area contributed by atoms with Gasteiger partial charge in [0.2, 0.25) is 0 Å². The van der Waals surface area contributed by atoms with E-state index in [1.807, 2.05) is 37.4 Å². The molecule has 0 atom stereocenters. The molecule has 25 heavy (non-hydrogen) atoms. The third-order valence-electron chi connectivity index (χ3n) is 4.70. The number of rotatable bonds is 3. The summed E-state index contributed by atoms with van der Waals surface area (Å²) in [4.78, 5) is 14.9. The van der Waals surface area contributed by atoms with Crippen molar-refractivity contribution in [1.29, 1.82) is 0 Å². The number of aryl methyl sites for hydroxylation is 1. The van der Waals surface area contributed by atoms with Crippen LogP contribution in [0.3, 0.4) is 0 Å². The number of hydrogen-bond acceptors (Lipinski definition) is 5. The molecule has 7 heteroatoms. The van der Waals surface area contributed by atoms with Crippen molar-refractivity contribution in [1.82, 2.24) is 25.1 Å². The molecule has 0 saturated carbocycles. The van der Waals surface area contributed by atoms with Crippen LogP contribution in [-0.4, -0.2) is 44.8 Å². The topological polar surface area (TPSA) is 75.4 Å². The first-order valence-corrected chi connectivity index (χ1v) is 8.49. The Morgan fingerprint density at radius 2 is 2.08 bits per heavy atom. The number of pyridine rings is 1. The largest absolute Gasteiger partial charge is 0.355 e. The first-order chi connectivity index (χ1) is 12.2. The van der Waals surface area contributed by atoms with Crippen molar-refractivity contribution in [3.63, 3.8) is 0 Å². The van der Waals surface area contributed by atoms with Crippen molar-refractivity contribution in [2.75, 3.05) is 18.0 Å². The molecule has 0 spiro atoms. The van der Waals surface area contributed by atoms with Crippen LogP contribution in [0.4, 0.5) is 5.82 Å². The number of aromatic nitrogens is 4. The number of anilines is 1. The Morgan fingerprint density at radius 1 is 1.24 bits per heavy atom. The van der Waals surface area contributed by atoms with Gasteiger partial charge in [-0.15, -0.1) is 5.10 Å². The molecule has 4 rings (SSSR count). The van der Waals surface area contributed by atoms with E-state index in [1.54, 1.807) is 16.9 Å². The lowest BCUT2D eigenvalue weighted by Gasteiger charge is -2.32. The molecule has 0 radical (unpaired) electrons. The van der Waals surface area contributed by atoms with E-state index in [2.05, 4.69) is 25.5 Å². The quantitative estimate of drug-likeness (QED) is 0.790. The van der Waals surface area contributed by atoms with E-state index >= 15 is 0 Å². The summed E-state index contributed by atoms with van der Waals surface area (Å²) in [6.45, 7) is 3.71. The third kappa shape index (κ3) is 3.05. The normalized spacial score (nSPS) is 15.5. The van der Waals surface area contributed by atoms with Gasteiger partial charge in [0.05, 0.1) is 17.3 Å². The molecule has 0 unspecified atom stereocenters. The number of carbonyl (C=O) groups excluding carboxylic acids is 1. The van der Waals surface area contributed by atoms with Crippen LogP contribution in [0, 0.1) is 6.92 Å². The maximum atomic E-state index is 12.7. The molecule has 1 aliphatic heterocycles. The molecule has 1 aliphatic rings. The zero-order valence-electron chi connectivity index (χ0n) is 14.1. The van der Waals surface area contributed by atoms with Crippen LogP contribution in [-0.2, 0) is 0 Å². The average Bonchev–Trinajstić information content (AvgIpc) is 3.09. The van der Waals surface area contributed by atoms with Crippen LogP contribution < -0.4 is 10.2 Å². The Balaban J connectivity index is 1.42. The van der Waals surface area contributed by atoms with Gasteiger partial charge in [-0.2, -0.15) is 10.2 Å². The minimum Gasteiger partial charge on any atom is -0.355 e. The highest BCUT2D eigenvalue weighted by Crippen LogP contribution is 2.19. The van der Waals surface area contributed by atoms with Crippen LogP contribution in [0.15, 0.2) is 42.9 Å². The van der Waals surface area contributed by atoms with Crippen molar-refractivity contribution in [2.45, 2.75) is 25.8 Å². The van der Waals surface area contributed by atoms with Crippen LogP contribution >= 0.6 is 0 Å². The monoisotopic (exact) mass is 336 g/mol.